The average molecular weight is 358 g/mol. The summed E-state index contributed by atoms with van der Waals surface area (Å²) in [6, 6.07) is 3.56. The van der Waals surface area contributed by atoms with Crippen molar-refractivity contribution in [1.82, 2.24) is 9.55 Å². The first-order chi connectivity index (χ1) is 9.61. The lowest BCUT2D eigenvalue weighted by Crippen LogP contribution is -2.18. The maximum atomic E-state index is 13.8. The van der Waals surface area contributed by atoms with E-state index in [1.807, 2.05) is 16.3 Å². The topological polar surface area (TPSA) is 43.8 Å². The number of nitrogens with two attached hydrogens (primary N) is 1. The minimum atomic E-state index is -0.267. The van der Waals surface area contributed by atoms with Gasteiger partial charge in [0.25, 0.3) is 0 Å². The second kappa shape index (κ2) is 5.56. The molecule has 1 aromatic carbocycles. The molecular formula is C14H17BrFN3S. The van der Waals surface area contributed by atoms with Gasteiger partial charge in [-0.3, -0.25) is 0 Å². The predicted molar refractivity (Wildman–Crippen MR) is 86.6 cm³/mol. The van der Waals surface area contributed by atoms with Crippen LogP contribution in [0.3, 0.4) is 0 Å². The molecule has 1 fully saturated rings. The van der Waals surface area contributed by atoms with Gasteiger partial charge in [-0.05, 0) is 40.6 Å². The van der Waals surface area contributed by atoms with Crippen LogP contribution in [0.2, 0.25) is 0 Å². The Morgan fingerprint density at radius 2 is 2.30 bits per heavy atom. The van der Waals surface area contributed by atoms with Crippen molar-refractivity contribution in [3.63, 3.8) is 0 Å². The molecule has 20 heavy (non-hydrogen) atoms. The maximum absolute atomic E-state index is 13.8. The summed E-state index contributed by atoms with van der Waals surface area (Å²) in [5.74, 6) is 1.32. The Morgan fingerprint density at radius 1 is 1.50 bits per heavy atom. The number of thioether (sulfide) groups is 1. The first-order valence-electron chi connectivity index (χ1n) is 6.86. The highest BCUT2D eigenvalue weighted by Gasteiger charge is 2.31. The summed E-state index contributed by atoms with van der Waals surface area (Å²) in [5, 5.41) is 0.548. The Bertz CT molecular complexity index is 643. The molecule has 1 aromatic heterocycles. The van der Waals surface area contributed by atoms with Crippen LogP contribution in [0.5, 0.6) is 0 Å². The van der Waals surface area contributed by atoms with E-state index in [9.17, 15) is 4.39 Å². The molecule has 0 radical (unpaired) electrons. The molecule has 1 aliphatic carbocycles. The summed E-state index contributed by atoms with van der Waals surface area (Å²) in [6.07, 6.45) is 3.48. The summed E-state index contributed by atoms with van der Waals surface area (Å²) in [6.45, 7) is 2.17. The molecule has 3 nitrogen and oxygen atoms in total. The Morgan fingerprint density at radius 3 is 3.05 bits per heavy atom. The highest BCUT2D eigenvalue weighted by molar-refractivity contribution is 9.10. The van der Waals surface area contributed by atoms with Gasteiger partial charge in [-0.2, -0.15) is 11.8 Å². The zero-order valence-electron chi connectivity index (χ0n) is 11.3. The number of fused-ring (bicyclic) bond motifs is 1. The molecular weight excluding hydrogens is 341 g/mol. The van der Waals surface area contributed by atoms with Gasteiger partial charge < -0.3 is 10.3 Å². The normalized spacial score (nSPS) is 22.8. The zero-order valence-corrected chi connectivity index (χ0v) is 13.7. The van der Waals surface area contributed by atoms with E-state index in [4.69, 9.17) is 5.73 Å². The van der Waals surface area contributed by atoms with E-state index >= 15 is 0 Å². The van der Waals surface area contributed by atoms with E-state index in [0.29, 0.717) is 21.7 Å². The molecule has 2 unspecified atom stereocenters. The fourth-order valence-electron chi connectivity index (χ4n) is 3.07. The number of benzene rings is 1. The molecule has 6 heteroatoms. The molecule has 2 aromatic rings. The van der Waals surface area contributed by atoms with Crippen molar-refractivity contribution in [3.8, 4) is 0 Å². The first-order valence-corrected chi connectivity index (χ1v) is 8.70. The van der Waals surface area contributed by atoms with Crippen molar-refractivity contribution in [2.24, 2.45) is 0 Å². The van der Waals surface area contributed by atoms with Crippen LogP contribution < -0.4 is 5.73 Å². The fraction of sp³-hybridized carbons (Fsp3) is 0.500. The predicted octanol–water partition coefficient (Wildman–Crippen LogP) is 4.37. The lowest BCUT2D eigenvalue weighted by molar-refractivity contribution is 0.547. The van der Waals surface area contributed by atoms with Crippen molar-refractivity contribution in [2.45, 2.75) is 37.5 Å². The second-order valence-corrected chi connectivity index (χ2v) is 7.46. The monoisotopic (exact) mass is 357 g/mol. The summed E-state index contributed by atoms with van der Waals surface area (Å²) in [5.41, 5.74) is 7.65. The quantitative estimate of drug-likeness (QED) is 0.886. The third kappa shape index (κ3) is 2.33. The minimum Gasteiger partial charge on any atom is -0.369 e. The number of anilines is 1. The summed E-state index contributed by atoms with van der Waals surface area (Å²) < 4.78 is 16.3. The smallest absolute Gasteiger partial charge is 0.201 e. The molecule has 108 valence electrons. The standard InChI is InChI=1S/C14H17BrFN3S/c1-2-20-13-5-3-4-11(13)19-12-7-9(16)8(15)6-10(12)18-14(19)17/h6-7,11,13H,2-5H2,1H3,(H2,17,18). The number of halogens is 2. The lowest BCUT2D eigenvalue weighted by Gasteiger charge is -2.22. The van der Waals surface area contributed by atoms with E-state index in [1.54, 1.807) is 6.07 Å². The molecule has 1 saturated carbocycles. The molecule has 3 rings (SSSR count). The number of hydrogen-bond acceptors (Lipinski definition) is 3. The highest BCUT2D eigenvalue weighted by atomic mass is 79.9. The average Bonchev–Trinajstić information content (AvgIpc) is 2.95. The van der Waals surface area contributed by atoms with Crippen molar-refractivity contribution in [3.05, 3.63) is 22.4 Å². The number of imidazole rings is 1. The largest absolute Gasteiger partial charge is 0.369 e. The van der Waals surface area contributed by atoms with E-state index in [2.05, 4.69) is 27.8 Å². The Hall–Kier alpha value is -0.750. The van der Waals surface area contributed by atoms with Crippen LogP contribution in [0.4, 0.5) is 10.3 Å². The van der Waals surface area contributed by atoms with Gasteiger partial charge in [-0.25, -0.2) is 9.37 Å². The van der Waals surface area contributed by atoms with Gasteiger partial charge in [0.15, 0.2) is 0 Å². The Labute approximate surface area is 130 Å². The van der Waals surface area contributed by atoms with Gasteiger partial charge >= 0.3 is 0 Å². The number of aromatic nitrogens is 2. The molecule has 1 heterocycles. The third-order valence-electron chi connectivity index (χ3n) is 3.89. The van der Waals surface area contributed by atoms with Crippen molar-refractivity contribution >= 4 is 44.7 Å². The van der Waals surface area contributed by atoms with Crippen LogP contribution in [-0.4, -0.2) is 20.6 Å². The summed E-state index contributed by atoms with van der Waals surface area (Å²) in [4.78, 5) is 4.39. The summed E-state index contributed by atoms with van der Waals surface area (Å²) >= 11 is 5.16. The van der Waals surface area contributed by atoms with Gasteiger partial charge in [0.1, 0.15) is 5.82 Å². The van der Waals surface area contributed by atoms with Gasteiger partial charge in [0, 0.05) is 17.4 Å². The van der Waals surface area contributed by atoms with Crippen LogP contribution in [0.1, 0.15) is 32.2 Å². The summed E-state index contributed by atoms with van der Waals surface area (Å²) in [7, 11) is 0. The van der Waals surface area contributed by atoms with E-state index < -0.39 is 0 Å². The molecule has 0 aliphatic heterocycles. The number of nitrogen functional groups attached to an aromatic ring is 1. The van der Waals surface area contributed by atoms with Crippen LogP contribution in [0.15, 0.2) is 16.6 Å². The van der Waals surface area contributed by atoms with Crippen LogP contribution in [-0.2, 0) is 0 Å². The molecule has 2 atom stereocenters. The highest BCUT2D eigenvalue weighted by Crippen LogP contribution is 2.41. The van der Waals surface area contributed by atoms with Crippen molar-refractivity contribution < 1.29 is 4.39 Å². The SMILES string of the molecule is CCSC1CCCC1n1c(N)nc2cc(Br)c(F)cc21. The number of rotatable bonds is 3. The van der Waals surface area contributed by atoms with E-state index in [0.717, 1.165) is 23.2 Å². The molecule has 0 spiro atoms. The molecule has 0 amide bonds. The van der Waals surface area contributed by atoms with Gasteiger partial charge in [0.05, 0.1) is 15.5 Å². The van der Waals surface area contributed by atoms with E-state index in [-0.39, 0.29) is 5.82 Å². The second-order valence-electron chi connectivity index (χ2n) is 5.09. The minimum absolute atomic E-state index is 0.267. The maximum Gasteiger partial charge on any atom is 0.201 e. The first kappa shape index (κ1) is 14.2. The Balaban J connectivity index is 2.10. The van der Waals surface area contributed by atoms with Gasteiger partial charge in [-0.15, -0.1) is 0 Å². The van der Waals surface area contributed by atoms with Crippen molar-refractivity contribution in [1.29, 1.82) is 0 Å². The van der Waals surface area contributed by atoms with Crippen LogP contribution in [0, 0.1) is 5.82 Å². The Kier molecular flexibility index (Phi) is 3.95. The molecule has 0 saturated heterocycles. The zero-order chi connectivity index (χ0) is 14.3. The fourth-order valence-corrected chi connectivity index (χ4v) is 4.64. The lowest BCUT2D eigenvalue weighted by atomic mass is 10.2. The molecule has 2 N–H and O–H groups in total. The number of hydrogen-bond donors (Lipinski definition) is 1. The van der Waals surface area contributed by atoms with Crippen molar-refractivity contribution in [2.75, 3.05) is 11.5 Å². The molecule has 1 aliphatic rings. The van der Waals surface area contributed by atoms with Gasteiger partial charge in [0.2, 0.25) is 5.95 Å². The van der Waals surface area contributed by atoms with E-state index in [1.165, 1.54) is 18.9 Å². The van der Waals surface area contributed by atoms with Gasteiger partial charge in [-0.1, -0.05) is 13.3 Å². The van der Waals surface area contributed by atoms with Crippen LogP contribution in [0.25, 0.3) is 11.0 Å². The number of nitrogens with zero attached hydrogens (tertiary/aromatic N) is 2. The molecule has 0 bridgehead atoms. The van der Waals surface area contributed by atoms with Crippen LogP contribution >= 0.6 is 27.7 Å². The third-order valence-corrected chi connectivity index (χ3v) is 5.81.